The van der Waals surface area contributed by atoms with Crippen LogP contribution in [-0.2, 0) is 12.8 Å². The van der Waals surface area contributed by atoms with Crippen LogP contribution in [0.15, 0.2) is 24.3 Å². The van der Waals surface area contributed by atoms with Crippen LogP contribution >= 0.6 is 0 Å². The molecule has 84 valence electrons. The lowest BCUT2D eigenvalue weighted by molar-refractivity contribution is 0.440. The Morgan fingerprint density at radius 3 is 2.94 bits per heavy atom. The van der Waals surface area contributed by atoms with Crippen LogP contribution in [0.3, 0.4) is 0 Å². The summed E-state index contributed by atoms with van der Waals surface area (Å²) in [6.07, 6.45) is 3.46. The van der Waals surface area contributed by atoms with Gasteiger partial charge in [0.2, 0.25) is 0 Å². The molecule has 1 aromatic carbocycles. The Kier molecular flexibility index (Phi) is 3.58. The van der Waals surface area contributed by atoms with Gasteiger partial charge in [-0.25, -0.2) is 0 Å². The number of rotatable bonds is 3. The number of nitriles is 1. The molecule has 0 aliphatic heterocycles. The minimum atomic E-state index is 0.108. The van der Waals surface area contributed by atoms with Crippen LogP contribution in [0.1, 0.15) is 24.5 Å². The summed E-state index contributed by atoms with van der Waals surface area (Å²) in [5.41, 5.74) is 2.96. The molecule has 0 saturated carbocycles. The lowest BCUT2D eigenvalue weighted by Crippen LogP contribution is -2.36. The molecular formula is C14H18N2. The average Bonchev–Trinajstić information content (AvgIpc) is 2.35. The summed E-state index contributed by atoms with van der Waals surface area (Å²) in [5, 5.41) is 12.2. The van der Waals surface area contributed by atoms with Gasteiger partial charge in [-0.15, -0.1) is 0 Å². The van der Waals surface area contributed by atoms with E-state index >= 15 is 0 Å². The Bertz CT molecular complexity index is 392. The standard InChI is InChI=1S/C14H18N2/c1-11(9-15)10-16-14-7-6-12-4-2-3-5-13(12)8-14/h2-5,11,14,16H,6-8,10H2,1H3. The van der Waals surface area contributed by atoms with Gasteiger partial charge in [0.15, 0.2) is 0 Å². The molecule has 0 spiro atoms. The zero-order valence-electron chi connectivity index (χ0n) is 9.74. The molecule has 1 aliphatic rings. The maximum atomic E-state index is 8.73. The van der Waals surface area contributed by atoms with Crippen LogP contribution in [0.2, 0.25) is 0 Å². The monoisotopic (exact) mass is 214 g/mol. The number of aryl methyl sites for hydroxylation is 1. The van der Waals surface area contributed by atoms with Crippen LogP contribution in [-0.4, -0.2) is 12.6 Å². The summed E-state index contributed by atoms with van der Waals surface area (Å²) in [6.45, 7) is 2.77. The lowest BCUT2D eigenvalue weighted by Gasteiger charge is -2.25. The van der Waals surface area contributed by atoms with Crippen molar-refractivity contribution in [2.75, 3.05) is 6.54 Å². The number of hydrogen-bond donors (Lipinski definition) is 1. The van der Waals surface area contributed by atoms with Crippen molar-refractivity contribution in [1.29, 1.82) is 5.26 Å². The zero-order chi connectivity index (χ0) is 11.4. The fourth-order valence-corrected chi connectivity index (χ4v) is 2.26. The molecule has 0 fully saturated rings. The third-order valence-corrected chi connectivity index (χ3v) is 3.28. The van der Waals surface area contributed by atoms with Crippen LogP contribution in [0.5, 0.6) is 0 Å². The van der Waals surface area contributed by atoms with E-state index in [4.69, 9.17) is 5.26 Å². The van der Waals surface area contributed by atoms with E-state index in [9.17, 15) is 0 Å². The van der Waals surface area contributed by atoms with E-state index in [2.05, 4.69) is 35.7 Å². The second-order valence-electron chi connectivity index (χ2n) is 4.65. The molecule has 2 heteroatoms. The molecule has 1 N–H and O–H groups in total. The fraction of sp³-hybridized carbons (Fsp3) is 0.500. The number of fused-ring (bicyclic) bond motifs is 1. The van der Waals surface area contributed by atoms with Gasteiger partial charge in [0.05, 0.1) is 12.0 Å². The van der Waals surface area contributed by atoms with E-state index < -0.39 is 0 Å². The first-order valence-corrected chi connectivity index (χ1v) is 5.99. The Hall–Kier alpha value is -1.33. The lowest BCUT2D eigenvalue weighted by atomic mass is 9.88. The highest BCUT2D eigenvalue weighted by Gasteiger charge is 2.17. The molecule has 2 rings (SSSR count). The quantitative estimate of drug-likeness (QED) is 0.838. The Morgan fingerprint density at radius 2 is 2.19 bits per heavy atom. The van der Waals surface area contributed by atoms with E-state index in [0.29, 0.717) is 6.04 Å². The molecule has 0 amide bonds. The smallest absolute Gasteiger partial charge is 0.0666 e. The number of nitrogens with one attached hydrogen (secondary N) is 1. The van der Waals surface area contributed by atoms with Crippen molar-refractivity contribution < 1.29 is 0 Å². The molecule has 2 atom stereocenters. The van der Waals surface area contributed by atoms with Gasteiger partial charge in [-0.3, -0.25) is 0 Å². The third-order valence-electron chi connectivity index (χ3n) is 3.28. The third kappa shape index (κ3) is 2.62. The van der Waals surface area contributed by atoms with Gasteiger partial charge in [-0.2, -0.15) is 5.26 Å². The molecule has 2 nitrogen and oxygen atoms in total. The van der Waals surface area contributed by atoms with E-state index in [-0.39, 0.29) is 5.92 Å². The van der Waals surface area contributed by atoms with Crippen molar-refractivity contribution in [3.63, 3.8) is 0 Å². The summed E-state index contributed by atoms with van der Waals surface area (Å²) < 4.78 is 0. The number of hydrogen-bond acceptors (Lipinski definition) is 2. The molecule has 1 aliphatic carbocycles. The molecule has 0 aromatic heterocycles. The Labute approximate surface area is 97.3 Å². The highest BCUT2D eigenvalue weighted by atomic mass is 14.9. The minimum Gasteiger partial charge on any atom is -0.312 e. The van der Waals surface area contributed by atoms with Crippen LogP contribution in [0.4, 0.5) is 0 Å². The summed E-state index contributed by atoms with van der Waals surface area (Å²) in [4.78, 5) is 0. The molecule has 0 heterocycles. The van der Waals surface area contributed by atoms with Gasteiger partial charge in [0.25, 0.3) is 0 Å². The van der Waals surface area contributed by atoms with Crippen LogP contribution in [0.25, 0.3) is 0 Å². The molecular weight excluding hydrogens is 196 g/mol. The molecule has 0 bridgehead atoms. The molecule has 1 aromatic rings. The maximum absolute atomic E-state index is 8.73. The fourth-order valence-electron chi connectivity index (χ4n) is 2.26. The van der Waals surface area contributed by atoms with E-state index in [1.54, 1.807) is 0 Å². The van der Waals surface area contributed by atoms with E-state index in [1.165, 1.54) is 17.5 Å². The van der Waals surface area contributed by atoms with E-state index in [1.807, 2.05) is 6.92 Å². The van der Waals surface area contributed by atoms with Crippen molar-refractivity contribution in [1.82, 2.24) is 5.32 Å². The molecule has 0 radical (unpaired) electrons. The largest absolute Gasteiger partial charge is 0.312 e. The Balaban J connectivity index is 1.91. The van der Waals surface area contributed by atoms with Gasteiger partial charge in [0, 0.05) is 12.6 Å². The van der Waals surface area contributed by atoms with Crippen molar-refractivity contribution in [3.05, 3.63) is 35.4 Å². The van der Waals surface area contributed by atoms with Crippen molar-refractivity contribution in [2.45, 2.75) is 32.2 Å². The SMILES string of the molecule is CC(C#N)CNC1CCc2ccccc2C1. The average molecular weight is 214 g/mol. The Morgan fingerprint density at radius 1 is 1.44 bits per heavy atom. The van der Waals surface area contributed by atoms with Crippen molar-refractivity contribution in [2.24, 2.45) is 5.92 Å². The molecule has 16 heavy (non-hydrogen) atoms. The molecule has 0 saturated heterocycles. The normalized spacial score (nSPS) is 20.9. The second kappa shape index (κ2) is 5.14. The zero-order valence-corrected chi connectivity index (χ0v) is 9.74. The van der Waals surface area contributed by atoms with Gasteiger partial charge >= 0.3 is 0 Å². The summed E-state index contributed by atoms with van der Waals surface area (Å²) in [6, 6.07) is 11.5. The highest BCUT2D eigenvalue weighted by Crippen LogP contribution is 2.20. The van der Waals surface area contributed by atoms with Gasteiger partial charge in [-0.05, 0) is 37.3 Å². The first-order chi connectivity index (χ1) is 7.79. The first-order valence-electron chi connectivity index (χ1n) is 5.99. The van der Waals surface area contributed by atoms with E-state index in [0.717, 1.165) is 19.4 Å². The van der Waals surface area contributed by atoms with Gasteiger partial charge in [0.1, 0.15) is 0 Å². The van der Waals surface area contributed by atoms with Crippen molar-refractivity contribution >= 4 is 0 Å². The second-order valence-corrected chi connectivity index (χ2v) is 4.65. The topological polar surface area (TPSA) is 35.8 Å². The van der Waals surface area contributed by atoms with Crippen molar-refractivity contribution in [3.8, 4) is 6.07 Å². The van der Waals surface area contributed by atoms with Gasteiger partial charge < -0.3 is 5.32 Å². The highest BCUT2D eigenvalue weighted by molar-refractivity contribution is 5.30. The maximum Gasteiger partial charge on any atom is 0.0666 e. The van der Waals surface area contributed by atoms with Crippen LogP contribution < -0.4 is 5.32 Å². The predicted molar refractivity (Wildman–Crippen MR) is 65.0 cm³/mol. The van der Waals surface area contributed by atoms with Crippen LogP contribution in [0, 0.1) is 17.2 Å². The minimum absolute atomic E-state index is 0.108. The predicted octanol–water partition coefficient (Wildman–Crippen LogP) is 2.29. The van der Waals surface area contributed by atoms with Gasteiger partial charge in [-0.1, -0.05) is 24.3 Å². The molecule has 2 unspecified atom stereocenters. The number of nitrogens with zero attached hydrogens (tertiary/aromatic N) is 1. The first kappa shape index (κ1) is 11.2. The number of benzene rings is 1. The summed E-state index contributed by atoms with van der Waals surface area (Å²) in [7, 11) is 0. The summed E-state index contributed by atoms with van der Waals surface area (Å²) in [5.74, 6) is 0.108. The summed E-state index contributed by atoms with van der Waals surface area (Å²) >= 11 is 0.